The molecule has 1 unspecified atom stereocenters. The number of ether oxygens (including phenoxy) is 3. The summed E-state index contributed by atoms with van der Waals surface area (Å²) in [7, 11) is 0. The number of carbonyl (C=O) groups excluding carboxylic acids is 3. The van der Waals surface area contributed by atoms with Crippen LogP contribution in [0.4, 0.5) is 0 Å². The molecule has 0 spiro atoms. The van der Waals surface area contributed by atoms with Crippen LogP contribution in [-0.4, -0.2) is 37.2 Å². The first-order valence-electron chi connectivity index (χ1n) is 25.6. The number of allylic oxidation sites excluding steroid dienone is 14. The zero-order valence-electron chi connectivity index (χ0n) is 40.4. The van der Waals surface area contributed by atoms with Crippen LogP contribution < -0.4 is 0 Å². The Bertz CT molecular complexity index is 1220. The summed E-state index contributed by atoms with van der Waals surface area (Å²) in [5.74, 6) is -0.982. The number of hydrogen-bond acceptors (Lipinski definition) is 6. The van der Waals surface area contributed by atoms with E-state index in [1.54, 1.807) is 0 Å². The van der Waals surface area contributed by atoms with Crippen LogP contribution in [0.3, 0.4) is 0 Å². The maximum Gasteiger partial charge on any atom is 0.306 e. The number of unbranched alkanes of at least 4 members (excludes halogenated alkanes) is 20. The Morgan fingerprint density at radius 3 is 1.11 bits per heavy atom. The van der Waals surface area contributed by atoms with Crippen LogP contribution in [0.5, 0.6) is 0 Å². The van der Waals surface area contributed by atoms with Gasteiger partial charge in [0, 0.05) is 19.3 Å². The topological polar surface area (TPSA) is 78.9 Å². The highest BCUT2D eigenvalue weighted by molar-refractivity contribution is 5.71. The highest BCUT2D eigenvalue weighted by atomic mass is 16.6. The second kappa shape index (κ2) is 50.2. The van der Waals surface area contributed by atoms with Crippen LogP contribution in [0.25, 0.3) is 0 Å². The highest BCUT2D eigenvalue weighted by Gasteiger charge is 2.19. The van der Waals surface area contributed by atoms with Gasteiger partial charge in [-0.15, -0.1) is 0 Å². The third-order valence-corrected chi connectivity index (χ3v) is 10.6. The molecule has 0 bridgehead atoms. The molecule has 0 fully saturated rings. The Morgan fingerprint density at radius 1 is 0.339 bits per heavy atom. The van der Waals surface area contributed by atoms with E-state index in [0.29, 0.717) is 19.3 Å². The first-order chi connectivity index (χ1) is 30.5. The van der Waals surface area contributed by atoms with Crippen molar-refractivity contribution >= 4 is 17.9 Å². The van der Waals surface area contributed by atoms with Crippen molar-refractivity contribution in [2.75, 3.05) is 13.2 Å². The van der Waals surface area contributed by atoms with Crippen molar-refractivity contribution in [1.29, 1.82) is 0 Å². The molecule has 0 aromatic carbocycles. The molecule has 6 heteroatoms. The van der Waals surface area contributed by atoms with Gasteiger partial charge in [0.1, 0.15) is 13.2 Å². The Hall–Kier alpha value is -3.41. The van der Waals surface area contributed by atoms with E-state index in [1.807, 2.05) is 0 Å². The van der Waals surface area contributed by atoms with E-state index in [9.17, 15) is 14.4 Å². The average Bonchev–Trinajstić information content (AvgIpc) is 3.27. The van der Waals surface area contributed by atoms with Gasteiger partial charge < -0.3 is 14.2 Å². The predicted molar refractivity (Wildman–Crippen MR) is 265 cm³/mol. The second-order valence-corrected chi connectivity index (χ2v) is 16.7. The molecule has 0 N–H and O–H groups in total. The molecule has 0 radical (unpaired) electrons. The van der Waals surface area contributed by atoms with Crippen molar-refractivity contribution < 1.29 is 28.6 Å². The van der Waals surface area contributed by atoms with Crippen LogP contribution in [0.2, 0.25) is 0 Å². The summed E-state index contributed by atoms with van der Waals surface area (Å²) in [6.07, 6.45) is 64.3. The number of rotatable bonds is 45. The standard InChI is InChI=1S/C56H94O6/c1-4-7-10-13-16-19-22-24-26-28-30-32-34-37-40-43-46-49-55(58)61-52-53(51-60-54(57)48-45-42-39-36-21-18-15-12-9-6-3)62-56(59)50-47-44-41-38-35-33-31-29-27-25-23-20-17-14-11-8-5-2/h7,10,15-16,18-19,24-27,30,32,37,40,53H,4-6,8-9,11-14,17,20-23,28-29,31,33-36,38-39,41-52H2,1-3H3/b10-7-,18-15-,19-16-,26-24-,27-25-,32-30-,40-37-. The van der Waals surface area contributed by atoms with Gasteiger partial charge in [-0.05, 0) is 103 Å². The monoisotopic (exact) mass is 863 g/mol. The Balaban J connectivity index is 4.46. The zero-order chi connectivity index (χ0) is 45.1. The molecule has 6 nitrogen and oxygen atoms in total. The summed E-state index contributed by atoms with van der Waals surface area (Å²) in [6.45, 7) is 6.41. The summed E-state index contributed by atoms with van der Waals surface area (Å²) in [5.41, 5.74) is 0. The minimum Gasteiger partial charge on any atom is -0.462 e. The molecule has 0 aliphatic rings. The van der Waals surface area contributed by atoms with Crippen molar-refractivity contribution in [3.63, 3.8) is 0 Å². The van der Waals surface area contributed by atoms with Gasteiger partial charge >= 0.3 is 17.9 Å². The molecule has 0 amide bonds. The smallest absolute Gasteiger partial charge is 0.306 e. The maximum atomic E-state index is 12.8. The SMILES string of the molecule is CC/C=C\C/C=C\C/C=C\C/C=C\C/C=C\CCCC(=O)OCC(COC(=O)CCCCCC/C=C\CCCC)OC(=O)CCCCCCCCC/C=C\CCCCCCCC. The van der Waals surface area contributed by atoms with Crippen molar-refractivity contribution in [3.05, 3.63) is 85.1 Å². The van der Waals surface area contributed by atoms with Gasteiger partial charge in [-0.2, -0.15) is 0 Å². The molecule has 0 rings (SSSR count). The maximum absolute atomic E-state index is 12.8. The fourth-order valence-corrected chi connectivity index (χ4v) is 6.75. The van der Waals surface area contributed by atoms with Gasteiger partial charge in [-0.1, -0.05) is 196 Å². The van der Waals surface area contributed by atoms with E-state index in [0.717, 1.165) is 96.3 Å². The number of carbonyl (C=O) groups is 3. The third-order valence-electron chi connectivity index (χ3n) is 10.6. The molecule has 0 saturated carbocycles. The fourth-order valence-electron chi connectivity index (χ4n) is 6.75. The van der Waals surface area contributed by atoms with Gasteiger partial charge in [0.05, 0.1) is 0 Å². The minimum atomic E-state index is -0.805. The Kier molecular flexibility index (Phi) is 47.5. The fraction of sp³-hybridized carbons (Fsp3) is 0.696. The summed E-state index contributed by atoms with van der Waals surface area (Å²) in [4.78, 5) is 37.9. The predicted octanol–water partition coefficient (Wildman–Crippen LogP) is 16.8. The van der Waals surface area contributed by atoms with Crippen LogP contribution in [0.1, 0.15) is 233 Å². The summed E-state index contributed by atoms with van der Waals surface area (Å²) in [5, 5.41) is 0. The van der Waals surface area contributed by atoms with Crippen LogP contribution >= 0.6 is 0 Å². The molecule has 0 aliphatic carbocycles. The lowest BCUT2D eigenvalue weighted by Crippen LogP contribution is -2.30. The molecule has 0 aromatic heterocycles. The summed E-state index contributed by atoms with van der Waals surface area (Å²) >= 11 is 0. The largest absolute Gasteiger partial charge is 0.462 e. The lowest BCUT2D eigenvalue weighted by atomic mass is 10.1. The van der Waals surface area contributed by atoms with E-state index in [4.69, 9.17) is 14.2 Å². The van der Waals surface area contributed by atoms with E-state index in [2.05, 4.69) is 106 Å². The van der Waals surface area contributed by atoms with E-state index in [1.165, 1.54) is 89.9 Å². The van der Waals surface area contributed by atoms with Crippen molar-refractivity contribution in [3.8, 4) is 0 Å². The molecule has 62 heavy (non-hydrogen) atoms. The Morgan fingerprint density at radius 2 is 0.661 bits per heavy atom. The first-order valence-corrected chi connectivity index (χ1v) is 25.6. The van der Waals surface area contributed by atoms with Crippen molar-refractivity contribution in [2.24, 2.45) is 0 Å². The normalized spacial score (nSPS) is 12.8. The van der Waals surface area contributed by atoms with Gasteiger partial charge in [0.25, 0.3) is 0 Å². The van der Waals surface area contributed by atoms with Crippen LogP contribution in [0, 0.1) is 0 Å². The van der Waals surface area contributed by atoms with E-state index < -0.39 is 6.10 Å². The van der Waals surface area contributed by atoms with Crippen LogP contribution in [0.15, 0.2) is 85.1 Å². The molecule has 0 aromatic rings. The average molecular weight is 863 g/mol. The molecular formula is C56H94O6. The lowest BCUT2D eigenvalue weighted by Gasteiger charge is -2.18. The van der Waals surface area contributed by atoms with Gasteiger partial charge in [-0.3, -0.25) is 14.4 Å². The highest BCUT2D eigenvalue weighted by Crippen LogP contribution is 2.13. The van der Waals surface area contributed by atoms with E-state index >= 15 is 0 Å². The molecule has 0 saturated heterocycles. The van der Waals surface area contributed by atoms with Gasteiger partial charge in [0.2, 0.25) is 0 Å². The molecule has 0 heterocycles. The van der Waals surface area contributed by atoms with E-state index in [-0.39, 0.29) is 37.5 Å². The van der Waals surface area contributed by atoms with Gasteiger partial charge in [-0.25, -0.2) is 0 Å². The van der Waals surface area contributed by atoms with Gasteiger partial charge in [0.15, 0.2) is 6.10 Å². The quantitative estimate of drug-likeness (QED) is 0.0263. The Labute approximate surface area is 382 Å². The second-order valence-electron chi connectivity index (χ2n) is 16.7. The summed E-state index contributed by atoms with van der Waals surface area (Å²) < 4.78 is 16.7. The third kappa shape index (κ3) is 47.6. The van der Waals surface area contributed by atoms with Crippen molar-refractivity contribution in [2.45, 2.75) is 239 Å². The number of esters is 3. The first kappa shape index (κ1) is 58.6. The summed E-state index contributed by atoms with van der Waals surface area (Å²) in [6, 6.07) is 0. The molecule has 0 aliphatic heterocycles. The molecular weight excluding hydrogens is 769 g/mol. The van der Waals surface area contributed by atoms with Crippen LogP contribution in [-0.2, 0) is 28.6 Å². The number of hydrogen-bond donors (Lipinski definition) is 0. The minimum absolute atomic E-state index is 0.103. The molecule has 1 atom stereocenters. The molecule has 354 valence electrons. The lowest BCUT2D eigenvalue weighted by molar-refractivity contribution is -0.167. The zero-order valence-corrected chi connectivity index (χ0v) is 40.4. The van der Waals surface area contributed by atoms with Crippen molar-refractivity contribution in [1.82, 2.24) is 0 Å².